The van der Waals surface area contributed by atoms with Crippen LogP contribution in [0.25, 0.3) is 0 Å². The Labute approximate surface area is 66.7 Å². The van der Waals surface area contributed by atoms with Gasteiger partial charge in [0.15, 0.2) is 0 Å². The average Bonchev–Trinajstić information content (AvgIpc) is 2.18. The molecule has 0 unspecified atom stereocenters. The van der Waals surface area contributed by atoms with Crippen LogP contribution in [0.1, 0.15) is 5.69 Å². The van der Waals surface area contributed by atoms with E-state index < -0.39 is 0 Å². The SMILES string of the molecule is C[n+]1c[nH]cc1CCN.Cl. The predicted octanol–water partition coefficient (Wildman–Crippen LogP) is -0.238. The molecule has 1 aromatic heterocycles. The molecule has 4 heteroatoms. The molecular formula is C6H13ClN3+. The van der Waals surface area contributed by atoms with E-state index in [1.807, 2.05) is 24.1 Å². The molecule has 58 valence electrons. The molecule has 0 aliphatic rings. The highest BCUT2D eigenvalue weighted by atomic mass is 35.5. The Morgan fingerprint density at radius 3 is 2.80 bits per heavy atom. The number of rotatable bonds is 2. The van der Waals surface area contributed by atoms with Crippen LogP contribution in [0.5, 0.6) is 0 Å². The van der Waals surface area contributed by atoms with Gasteiger partial charge in [0.1, 0.15) is 11.9 Å². The van der Waals surface area contributed by atoms with Crippen LogP contribution in [0.2, 0.25) is 0 Å². The highest BCUT2D eigenvalue weighted by Gasteiger charge is 2.00. The van der Waals surface area contributed by atoms with Gasteiger partial charge in [-0.3, -0.25) is 0 Å². The van der Waals surface area contributed by atoms with Gasteiger partial charge in [0.2, 0.25) is 6.33 Å². The lowest BCUT2D eigenvalue weighted by molar-refractivity contribution is -0.677. The number of hydrogen-bond donors (Lipinski definition) is 2. The molecule has 0 bridgehead atoms. The van der Waals surface area contributed by atoms with Crippen molar-refractivity contribution in [3.05, 3.63) is 18.2 Å². The van der Waals surface area contributed by atoms with Crippen LogP contribution in [-0.4, -0.2) is 11.5 Å². The molecule has 10 heavy (non-hydrogen) atoms. The van der Waals surface area contributed by atoms with E-state index in [-0.39, 0.29) is 12.4 Å². The summed E-state index contributed by atoms with van der Waals surface area (Å²) in [5.74, 6) is 0. The predicted molar refractivity (Wildman–Crippen MR) is 42.0 cm³/mol. The fraction of sp³-hybridized carbons (Fsp3) is 0.500. The van der Waals surface area contributed by atoms with Crippen molar-refractivity contribution in [1.82, 2.24) is 4.98 Å². The van der Waals surface area contributed by atoms with Gasteiger partial charge in [0.25, 0.3) is 0 Å². The van der Waals surface area contributed by atoms with Crippen LogP contribution in [-0.2, 0) is 13.5 Å². The molecule has 0 amide bonds. The largest absolute Gasteiger partial charge is 0.330 e. The standard InChI is InChI=1S/C6H11N3.ClH/c1-9-5-8-4-6(9)2-3-7;/h4-5H,2-3,7H2,1H3;1H/p+1. The minimum atomic E-state index is 0. The Balaban J connectivity index is 0.000000810. The molecule has 0 saturated heterocycles. The molecule has 0 aliphatic carbocycles. The first-order valence-corrected chi connectivity index (χ1v) is 3.06. The van der Waals surface area contributed by atoms with E-state index >= 15 is 0 Å². The molecular weight excluding hydrogens is 150 g/mol. The summed E-state index contributed by atoms with van der Waals surface area (Å²) in [6.07, 6.45) is 4.82. The number of nitrogens with one attached hydrogen (secondary N) is 1. The zero-order valence-electron chi connectivity index (χ0n) is 6.00. The van der Waals surface area contributed by atoms with E-state index in [1.54, 1.807) is 0 Å². The van der Waals surface area contributed by atoms with Gasteiger partial charge < -0.3 is 5.73 Å². The second kappa shape index (κ2) is 4.30. The summed E-state index contributed by atoms with van der Waals surface area (Å²) in [5.41, 5.74) is 6.61. The summed E-state index contributed by atoms with van der Waals surface area (Å²) in [6.45, 7) is 0.714. The fourth-order valence-electron chi connectivity index (χ4n) is 0.826. The number of nitrogens with two attached hydrogens (primary N) is 1. The van der Waals surface area contributed by atoms with Gasteiger partial charge in [0, 0.05) is 6.42 Å². The first-order valence-electron chi connectivity index (χ1n) is 3.06. The summed E-state index contributed by atoms with van der Waals surface area (Å²) in [7, 11) is 2.00. The number of nitrogens with zero attached hydrogens (tertiary/aromatic N) is 1. The van der Waals surface area contributed by atoms with Gasteiger partial charge in [-0.1, -0.05) is 0 Å². The Bertz CT molecular complexity index is 185. The molecule has 0 atom stereocenters. The fourth-order valence-corrected chi connectivity index (χ4v) is 0.826. The number of aromatic amines is 1. The van der Waals surface area contributed by atoms with Crippen LogP contribution in [0, 0.1) is 0 Å². The second-order valence-electron chi connectivity index (χ2n) is 2.08. The van der Waals surface area contributed by atoms with E-state index in [0.29, 0.717) is 6.54 Å². The quantitative estimate of drug-likeness (QED) is 0.580. The highest BCUT2D eigenvalue weighted by molar-refractivity contribution is 5.85. The van der Waals surface area contributed by atoms with Crippen molar-refractivity contribution in [2.45, 2.75) is 6.42 Å². The number of aryl methyl sites for hydroxylation is 1. The Kier molecular flexibility index (Phi) is 4.07. The molecule has 3 N–H and O–H groups in total. The third-order valence-electron chi connectivity index (χ3n) is 1.37. The monoisotopic (exact) mass is 162 g/mol. The Hall–Kier alpha value is -0.540. The maximum atomic E-state index is 5.36. The number of imidazole rings is 1. The van der Waals surface area contributed by atoms with Crippen molar-refractivity contribution in [3.8, 4) is 0 Å². The lowest BCUT2D eigenvalue weighted by Gasteiger charge is -1.89. The highest BCUT2D eigenvalue weighted by Crippen LogP contribution is 1.85. The maximum absolute atomic E-state index is 5.36. The molecule has 1 heterocycles. The molecule has 0 fully saturated rings. The van der Waals surface area contributed by atoms with E-state index in [0.717, 1.165) is 6.42 Å². The minimum Gasteiger partial charge on any atom is -0.330 e. The van der Waals surface area contributed by atoms with Crippen LogP contribution >= 0.6 is 12.4 Å². The Morgan fingerprint density at radius 1 is 1.70 bits per heavy atom. The van der Waals surface area contributed by atoms with Crippen LogP contribution < -0.4 is 10.3 Å². The van der Waals surface area contributed by atoms with Gasteiger partial charge >= 0.3 is 0 Å². The first kappa shape index (κ1) is 9.46. The normalized spacial score (nSPS) is 9.00. The number of halogens is 1. The first-order chi connectivity index (χ1) is 4.34. The molecule has 1 rings (SSSR count). The molecule has 0 radical (unpaired) electrons. The molecule has 0 spiro atoms. The van der Waals surface area contributed by atoms with Gasteiger partial charge in [-0.05, 0) is 6.54 Å². The van der Waals surface area contributed by atoms with Gasteiger partial charge in [0.05, 0.1) is 7.05 Å². The molecule has 0 saturated carbocycles. The van der Waals surface area contributed by atoms with Crippen molar-refractivity contribution >= 4 is 12.4 Å². The van der Waals surface area contributed by atoms with Gasteiger partial charge in [-0.2, -0.15) is 0 Å². The smallest absolute Gasteiger partial charge is 0.241 e. The topological polar surface area (TPSA) is 45.7 Å². The number of H-pyrrole nitrogens is 1. The molecule has 0 aliphatic heterocycles. The summed E-state index contributed by atoms with van der Waals surface area (Å²) < 4.78 is 2.03. The maximum Gasteiger partial charge on any atom is 0.241 e. The summed E-state index contributed by atoms with van der Waals surface area (Å²) >= 11 is 0. The zero-order valence-corrected chi connectivity index (χ0v) is 6.82. The minimum absolute atomic E-state index is 0. The number of aromatic nitrogens is 2. The van der Waals surface area contributed by atoms with E-state index in [4.69, 9.17) is 5.73 Å². The average molecular weight is 163 g/mol. The van der Waals surface area contributed by atoms with Crippen molar-refractivity contribution in [2.24, 2.45) is 12.8 Å². The number of hydrogen-bond acceptors (Lipinski definition) is 1. The molecule has 3 nitrogen and oxygen atoms in total. The van der Waals surface area contributed by atoms with Crippen LogP contribution in [0.15, 0.2) is 12.5 Å². The summed E-state index contributed by atoms with van der Waals surface area (Å²) in [4.78, 5) is 2.99. The Morgan fingerprint density at radius 2 is 2.40 bits per heavy atom. The van der Waals surface area contributed by atoms with Gasteiger partial charge in [-0.25, -0.2) is 9.55 Å². The van der Waals surface area contributed by atoms with E-state index in [9.17, 15) is 0 Å². The van der Waals surface area contributed by atoms with E-state index in [2.05, 4.69) is 4.98 Å². The second-order valence-corrected chi connectivity index (χ2v) is 2.08. The van der Waals surface area contributed by atoms with Crippen molar-refractivity contribution in [3.63, 3.8) is 0 Å². The molecule has 0 aromatic carbocycles. The summed E-state index contributed by atoms with van der Waals surface area (Å²) in [6, 6.07) is 0. The van der Waals surface area contributed by atoms with Gasteiger partial charge in [-0.15, -0.1) is 12.4 Å². The van der Waals surface area contributed by atoms with Crippen molar-refractivity contribution in [2.75, 3.05) is 6.54 Å². The van der Waals surface area contributed by atoms with Crippen molar-refractivity contribution < 1.29 is 4.57 Å². The van der Waals surface area contributed by atoms with E-state index in [1.165, 1.54) is 5.69 Å². The van der Waals surface area contributed by atoms with Crippen LogP contribution in [0.4, 0.5) is 0 Å². The lowest BCUT2D eigenvalue weighted by atomic mass is 10.3. The molecule has 1 aromatic rings. The van der Waals surface area contributed by atoms with Crippen LogP contribution in [0.3, 0.4) is 0 Å². The summed E-state index contributed by atoms with van der Waals surface area (Å²) in [5, 5.41) is 0. The van der Waals surface area contributed by atoms with Crippen molar-refractivity contribution in [1.29, 1.82) is 0 Å². The lowest BCUT2D eigenvalue weighted by Crippen LogP contribution is -2.31. The third-order valence-corrected chi connectivity index (χ3v) is 1.37. The zero-order chi connectivity index (χ0) is 6.69. The third kappa shape index (κ3) is 2.01.